The quantitative estimate of drug-likeness (QED) is 0.216. The first-order valence-electron chi connectivity index (χ1n) is 12.8. The normalized spacial score (nSPS) is 34.3. The standard InChI is InChI=1S/C28H48.CH4.HI.H2/c1-21(2)17-23-5-9-25(10-6-23)19-27-13-15-28(16-14-27)20-26-11-7-24(8-12-26)18-22(3)4;;;/h23-28H,1,3,5-20H2,2,4H3;1H4;2*1H. The molecule has 3 aliphatic rings. The number of allylic oxidation sites excluding steroid dienone is 2. The van der Waals surface area contributed by atoms with Gasteiger partial charge in [-0.1, -0.05) is 69.9 Å². The van der Waals surface area contributed by atoms with Crippen molar-refractivity contribution in [2.24, 2.45) is 35.5 Å². The SMILES string of the molecule is C.C=C(C)CC1CCC(CC2CCC(CC3CCC(CC(=C)C)CC3)CC2)CC1.I.[HH]. The Balaban J connectivity index is 0.00000300. The number of halogens is 1. The largest absolute Gasteiger partial charge is 0.107 e. The highest BCUT2D eigenvalue weighted by Crippen LogP contribution is 2.42. The van der Waals surface area contributed by atoms with Crippen LogP contribution < -0.4 is 0 Å². The molecule has 0 aliphatic heterocycles. The maximum Gasteiger partial charge on any atom is 0 e. The van der Waals surface area contributed by atoms with E-state index in [0.29, 0.717) is 0 Å². The lowest BCUT2D eigenvalue weighted by Gasteiger charge is -2.36. The van der Waals surface area contributed by atoms with E-state index in [1.165, 1.54) is 75.4 Å². The van der Waals surface area contributed by atoms with E-state index in [9.17, 15) is 0 Å². The molecule has 3 fully saturated rings. The Labute approximate surface area is 208 Å². The van der Waals surface area contributed by atoms with Crippen LogP contribution in [0.4, 0.5) is 0 Å². The van der Waals surface area contributed by atoms with Crippen molar-refractivity contribution in [3.63, 3.8) is 0 Å². The molecule has 0 saturated heterocycles. The van der Waals surface area contributed by atoms with Crippen LogP contribution >= 0.6 is 24.0 Å². The van der Waals surface area contributed by atoms with Gasteiger partial charge in [-0.15, -0.1) is 37.1 Å². The van der Waals surface area contributed by atoms with Crippen LogP contribution in [0.5, 0.6) is 0 Å². The highest BCUT2D eigenvalue weighted by atomic mass is 127. The summed E-state index contributed by atoms with van der Waals surface area (Å²) in [5.41, 5.74) is 2.79. The molecular weight excluding hydrogens is 475 g/mol. The van der Waals surface area contributed by atoms with Crippen molar-refractivity contribution in [3.8, 4) is 0 Å². The molecule has 0 spiro atoms. The first-order chi connectivity index (χ1) is 13.5. The third-order valence-corrected chi connectivity index (χ3v) is 8.51. The summed E-state index contributed by atoms with van der Waals surface area (Å²) in [6.45, 7) is 12.7. The number of hydrogen-bond acceptors (Lipinski definition) is 0. The first kappa shape index (κ1) is 28.2. The fourth-order valence-corrected chi connectivity index (χ4v) is 6.97. The van der Waals surface area contributed by atoms with E-state index in [4.69, 9.17) is 0 Å². The lowest BCUT2D eigenvalue weighted by molar-refractivity contribution is 0.164. The second-order valence-corrected chi connectivity index (χ2v) is 11.5. The molecule has 0 atom stereocenters. The molecule has 0 aromatic carbocycles. The van der Waals surface area contributed by atoms with Crippen molar-refractivity contribution in [3.05, 3.63) is 24.3 Å². The van der Waals surface area contributed by atoms with Gasteiger partial charge in [0.25, 0.3) is 0 Å². The molecular formula is C29H55I. The highest BCUT2D eigenvalue weighted by molar-refractivity contribution is 14.0. The van der Waals surface area contributed by atoms with Gasteiger partial charge < -0.3 is 0 Å². The second kappa shape index (κ2) is 14.4. The molecule has 0 aromatic heterocycles. The maximum atomic E-state index is 4.12. The van der Waals surface area contributed by atoms with Crippen molar-refractivity contribution >= 4 is 24.0 Å². The summed E-state index contributed by atoms with van der Waals surface area (Å²) in [6, 6.07) is 0. The molecule has 30 heavy (non-hydrogen) atoms. The van der Waals surface area contributed by atoms with Crippen molar-refractivity contribution in [1.29, 1.82) is 0 Å². The third-order valence-electron chi connectivity index (χ3n) is 8.51. The van der Waals surface area contributed by atoms with Gasteiger partial charge in [0.15, 0.2) is 0 Å². The predicted molar refractivity (Wildman–Crippen MR) is 149 cm³/mol. The Hall–Kier alpha value is 0.210. The smallest absolute Gasteiger partial charge is 0 e. The average Bonchev–Trinajstić information content (AvgIpc) is 2.66. The van der Waals surface area contributed by atoms with Crippen molar-refractivity contribution in [2.75, 3.05) is 0 Å². The molecule has 0 amide bonds. The molecule has 0 nitrogen and oxygen atoms in total. The van der Waals surface area contributed by atoms with Gasteiger partial charge in [0.1, 0.15) is 0 Å². The zero-order valence-electron chi connectivity index (χ0n) is 19.6. The van der Waals surface area contributed by atoms with Gasteiger partial charge >= 0.3 is 0 Å². The van der Waals surface area contributed by atoms with Crippen molar-refractivity contribution in [2.45, 2.75) is 124 Å². The topological polar surface area (TPSA) is 0 Å². The summed E-state index contributed by atoms with van der Waals surface area (Å²) in [7, 11) is 0. The summed E-state index contributed by atoms with van der Waals surface area (Å²) in [5.74, 6) is 6.12. The zero-order valence-corrected chi connectivity index (χ0v) is 21.9. The predicted octanol–water partition coefficient (Wildman–Crippen LogP) is 10.6. The molecule has 0 bridgehead atoms. The summed E-state index contributed by atoms with van der Waals surface area (Å²) in [5, 5.41) is 0. The van der Waals surface area contributed by atoms with E-state index < -0.39 is 0 Å². The maximum absolute atomic E-state index is 4.12. The first-order valence-corrected chi connectivity index (χ1v) is 12.8. The number of hydrogen-bond donors (Lipinski definition) is 0. The van der Waals surface area contributed by atoms with Crippen LogP contribution in [0.1, 0.15) is 125 Å². The number of rotatable bonds is 8. The second-order valence-electron chi connectivity index (χ2n) is 11.5. The van der Waals surface area contributed by atoms with Crippen LogP contribution in [0.15, 0.2) is 24.3 Å². The van der Waals surface area contributed by atoms with Gasteiger partial charge in [0.2, 0.25) is 0 Å². The summed E-state index contributed by atoms with van der Waals surface area (Å²) < 4.78 is 0. The van der Waals surface area contributed by atoms with Crippen molar-refractivity contribution in [1.82, 2.24) is 0 Å². The highest BCUT2D eigenvalue weighted by Gasteiger charge is 2.29. The molecule has 178 valence electrons. The zero-order chi connectivity index (χ0) is 19.9. The monoisotopic (exact) mass is 530 g/mol. The van der Waals surface area contributed by atoms with E-state index in [0.717, 1.165) is 35.5 Å². The molecule has 0 aromatic rings. The minimum Gasteiger partial charge on any atom is -0.107 e. The van der Waals surface area contributed by atoms with Gasteiger partial charge in [0.05, 0.1) is 0 Å². The molecule has 3 rings (SSSR count). The van der Waals surface area contributed by atoms with Crippen LogP contribution in [0.25, 0.3) is 0 Å². The van der Waals surface area contributed by atoms with E-state index in [1.807, 2.05) is 0 Å². The van der Waals surface area contributed by atoms with Crippen LogP contribution in [0.2, 0.25) is 0 Å². The Morgan fingerprint density at radius 2 is 0.733 bits per heavy atom. The fraction of sp³-hybridized carbons (Fsp3) is 0.862. The Morgan fingerprint density at radius 3 is 0.933 bits per heavy atom. The molecule has 0 unspecified atom stereocenters. The average molecular weight is 531 g/mol. The molecule has 3 aliphatic carbocycles. The Kier molecular flexibility index (Phi) is 13.5. The van der Waals surface area contributed by atoms with Gasteiger partial charge in [0, 0.05) is 1.43 Å². The van der Waals surface area contributed by atoms with Gasteiger partial charge in [-0.25, -0.2) is 0 Å². The van der Waals surface area contributed by atoms with Gasteiger partial charge in [-0.2, -0.15) is 0 Å². The molecule has 0 N–H and O–H groups in total. The van der Waals surface area contributed by atoms with E-state index in [-0.39, 0.29) is 32.8 Å². The minimum atomic E-state index is 0. The van der Waals surface area contributed by atoms with Crippen LogP contribution in [0, 0.1) is 35.5 Å². The Morgan fingerprint density at radius 1 is 0.533 bits per heavy atom. The Bertz CT molecular complexity index is 443. The van der Waals surface area contributed by atoms with Crippen LogP contribution in [0.3, 0.4) is 0 Å². The molecule has 3 saturated carbocycles. The lowest BCUT2D eigenvalue weighted by Crippen LogP contribution is -2.23. The lowest BCUT2D eigenvalue weighted by atomic mass is 9.70. The van der Waals surface area contributed by atoms with Crippen LogP contribution in [-0.4, -0.2) is 0 Å². The summed E-state index contributed by atoms with van der Waals surface area (Å²) >= 11 is 0. The molecule has 0 heterocycles. The molecule has 1 heteroatoms. The van der Waals surface area contributed by atoms with Gasteiger partial charge in [-0.3, -0.25) is 0 Å². The van der Waals surface area contributed by atoms with E-state index in [1.54, 1.807) is 38.5 Å². The van der Waals surface area contributed by atoms with Crippen molar-refractivity contribution < 1.29 is 1.43 Å². The van der Waals surface area contributed by atoms with E-state index in [2.05, 4.69) is 27.0 Å². The summed E-state index contributed by atoms with van der Waals surface area (Å²) in [4.78, 5) is 0. The fourth-order valence-electron chi connectivity index (χ4n) is 6.97. The van der Waals surface area contributed by atoms with Gasteiger partial charge in [-0.05, 0) is 101 Å². The van der Waals surface area contributed by atoms with E-state index >= 15 is 0 Å². The minimum absolute atomic E-state index is 0. The molecule has 0 radical (unpaired) electrons. The third kappa shape index (κ3) is 9.78. The van der Waals surface area contributed by atoms with Crippen LogP contribution in [-0.2, 0) is 0 Å². The summed E-state index contributed by atoms with van der Waals surface area (Å²) in [6.07, 6.45) is 23.8.